The Labute approximate surface area is 273 Å². The quantitative estimate of drug-likeness (QED) is 0.340. The summed E-state index contributed by atoms with van der Waals surface area (Å²) in [6.45, 7) is 26.2. The average Bonchev–Trinajstić information content (AvgIpc) is 2.90. The topological polar surface area (TPSA) is 86.7 Å². The zero-order valence-electron chi connectivity index (χ0n) is 30.7. The van der Waals surface area contributed by atoms with Crippen molar-refractivity contribution in [3.8, 4) is 0 Å². The number of allylic oxidation sites excluding steroid dienone is 2. The second kappa shape index (κ2) is 10.7. The highest BCUT2D eigenvalue weighted by Gasteiger charge is 2.70. The number of ketones is 1. The van der Waals surface area contributed by atoms with Crippen LogP contribution in [0.4, 0.5) is 0 Å². The molecule has 5 aliphatic rings. The minimum Gasteiger partial charge on any atom is -0.393 e. The lowest BCUT2D eigenvalue weighted by Crippen LogP contribution is -2.66. The van der Waals surface area contributed by atoms with Gasteiger partial charge in [-0.15, -0.1) is 0 Å². The minimum absolute atomic E-state index is 0.0528. The Kier molecular flexibility index (Phi) is 8.20. The number of hydrogen-bond acceptors (Lipinski definition) is 4. The molecule has 9 atom stereocenters. The summed E-state index contributed by atoms with van der Waals surface area (Å²) < 4.78 is 0. The van der Waals surface area contributed by atoms with Gasteiger partial charge in [-0.25, -0.2) is 0 Å². The van der Waals surface area contributed by atoms with Crippen molar-refractivity contribution in [2.45, 2.75) is 159 Å². The average molecular weight is 625 g/mol. The number of aliphatic hydroxyl groups excluding tert-OH is 1. The van der Waals surface area contributed by atoms with Gasteiger partial charge in [0.05, 0.1) is 12.6 Å². The van der Waals surface area contributed by atoms with Gasteiger partial charge in [0.15, 0.2) is 5.78 Å². The van der Waals surface area contributed by atoms with Gasteiger partial charge in [-0.1, -0.05) is 54.0 Å². The Hall–Kier alpha value is -1.69. The molecule has 4 fully saturated rings. The van der Waals surface area contributed by atoms with E-state index in [2.05, 4.69) is 59.9 Å². The molecule has 0 aromatic carbocycles. The van der Waals surface area contributed by atoms with E-state index >= 15 is 0 Å². The zero-order chi connectivity index (χ0) is 33.8. The Morgan fingerprint density at radius 1 is 0.956 bits per heavy atom. The third kappa shape index (κ3) is 5.17. The summed E-state index contributed by atoms with van der Waals surface area (Å²) in [4.78, 5) is 43.9. The van der Waals surface area contributed by atoms with Crippen LogP contribution < -0.4 is 5.32 Å². The summed E-state index contributed by atoms with van der Waals surface area (Å²) in [6, 6.07) is -0.0886. The van der Waals surface area contributed by atoms with E-state index in [1.54, 1.807) is 4.90 Å². The van der Waals surface area contributed by atoms with Gasteiger partial charge in [-0.05, 0) is 137 Å². The molecule has 5 rings (SSSR count). The molecule has 2 amide bonds. The van der Waals surface area contributed by atoms with Gasteiger partial charge in [-0.2, -0.15) is 0 Å². The van der Waals surface area contributed by atoms with Gasteiger partial charge in [0, 0.05) is 22.9 Å². The van der Waals surface area contributed by atoms with Crippen LogP contribution in [0.5, 0.6) is 0 Å². The first-order chi connectivity index (χ1) is 20.5. The number of fused-ring (bicyclic) bond motifs is 7. The van der Waals surface area contributed by atoms with E-state index in [0.717, 1.165) is 57.8 Å². The highest BCUT2D eigenvalue weighted by molar-refractivity contribution is 5.96. The van der Waals surface area contributed by atoms with Gasteiger partial charge < -0.3 is 15.3 Å². The van der Waals surface area contributed by atoms with E-state index in [4.69, 9.17) is 0 Å². The summed E-state index contributed by atoms with van der Waals surface area (Å²) in [5.41, 5.74) is -0.214. The molecule has 6 heteroatoms. The van der Waals surface area contributed by atoms with Crippen LogP contribution in [0.1, 0.15) is 141 Å². The van der Waals surface area contributed by atoms with Gasteiger partial charge in [-0.3, -0.25) is 14.4 Å². The van der Waals surface area contributed by atoms with E-state index in [1.807, 2.05) is 34.6 Å². The highest BCUT2D eigenvalue weighted by Crippen LogP contribution is 2.75. The van der Waals surface area contributed by atoms with Crippen molar-refractivity contribution in [2.24, 2.45) is 50.2 Å². The van der Waals surface area contributed by atoms with Gasteiger partial charge in [0.1, 0.15) is 0 Å². The maximum Gasteiger partial charge on any atom is 0.240 e. The molecule has 0 saturated heterocycles. The fraction of sp³-hybridized carbons (Fsp3) is 0.872. The van der Waals surface area contributed by atoms with Crippen LogP contribution >= 0.6 is 0 Å². The Balaban J connectivity index is 1.50. The second-order valence-corrected chi connectivity index (χ2v) is 19.5. The molecule has 6 nitrogen and oxygen atoms in total. The molecule has 4 saturated carbocycles. The van der Waals surface area contributed by atoms with Crippen molar-refractivity contribution in [3.63, 3.8) is 0 Å². The Morgan fingerprint density at radius 2 is 1.58 bits per heavy atom. The molecule has 0 aromatic heterocycles. The Morgan fingerprint density at radius 3 is 2.18 bits per heavy atom. The summed E-state index contributed by atoms with van der Waals surface area (Å²) in [5.74, 6) is 0.655. The van der Waals surface area contributed by atoms with E-state index in [1.165, 1.54) is 5.57 Å². The number of hydrogen-bond donors (Lipinski definition) is 2. The van der Waals surface area contributed by atoms with Crippen molar-refractivity contribution >= 4 is 17.6 Å². The standard InChI is InChI=1S/C39H64N2O4/c1-24(2)41(23-30(44)40-33(3,4)5)32(45)36(9)18-17-35(8)19-20-38(11)25(26(35)22-36)21-27(42)31-37(10)15-14-29(43)34(6,7)28(37)13-16-39(31,38)12/h21,24,26,28-29,31,43H,13-20,22-23H2,1-12H3,(H,40,44)/t26-,28+,29+,31-,35-,36+,37+,38-,39-/m1/s1. The number of carbonyl (C=O) groups excluding carboxylic acids is 3. The second-order valence-electron chi connectivity index (χ2n) is 19.5. The fourth-order valence-electron chi connectivity index (χ4n) is 11.8. The number of aliphatic hydroxyl groups is 1. The van der Waals surface area contributed by atoms with Crippen molar-refractivity contribution in [2.75, 3.05) is 6.54 Å². The third-order valence-corrected chi connectivity index (χ3v) is 14.8. The monoisotopic (exact) mass is 624 g/mol. The maximum absolute atomic E-state index is 14.6. The normalized spacial score (nSPS) is 44.1. The number of carbonyl (C=O) groups is 3. The van der Waals surface area contributed by atoms with E-state index in [0.29, 0.717) is 5.92 Å². The van der Waals surface area contributed by atoms with E-state index in [9.17, 15) is 19.5 Å². The van der Waals surface area contributed by atoms with Crippen LogP contribution in [0.2, 0.25) is 0 Å². The molecular formula is C39H64N2O4. The molecule has 254 valence electrons. The lowest BCUT2D eigenvalue weighted by Gasteiger charge is -2.70. The number of nitrogens with zero attached hydrogens (tertiary/aromatic N) is 1. The van der Waals surface area contributed by atoms with Crippen LogP contribution in [0.15, 0.2) is 11.6 Å². The third-order valence-electron chi connectivity index (χ3n) is 14.8. The summed E-state index contributed by atoms with van der Waals surface area (Å²) in [5, 5.41) is 14.1. The number of rotatable bonds is 4. The van der Waals surface area contributed by atoms with E-state index < -0.39 is 5.41 Å². The number of nitrogens with one attached hydrogen (secondary N) is 1. The lowest BCUT2D eigenvalue weighted by atomic mass is 9.33. The van der Waals surface area contributed by atoms with Crippen molar-refractivity contribution in [1.29, 1.82) is 0 Å². The lowest BCUT2D eigenvalue weighted by molar-refractivity contribution is -0.202. The first-order valence-corrected chi connectivity index (χ1v) is 18.0. The fourth-order valence-corrected chi connectivity index (χ4v) is 11.8. The van der Waals surface area contributed by atoms with Crippen molar-refractivity contribution < 1.29 is 19.5 Å². The molecular weight excluding hydrogens is 560 g/mol. The van der Waals surface area contributed by atoms with Gasteiger partial charge in [0.25, 0.3) is 0 Å². The zero-order valence-corrected chi connectivity index (χ0v) is 30.7. The highest BCUT2D eigenvalue weighted by atomic mass is 16.3. The molecule has 0 heterocycles. The Bertz CT molecular complexity index is 1280. The molecule has 0 aliphatic heterocycles. The summed E-state index contributed by atoms with van der Waals surface area (Å²) >= 11 is 0. The molecule has 5 aliphatic carbocycles. The predicted molar refractivity (Wildman–Crippen MR) is 180 cm³/mol. The minimum atomic E-state index is -0.594. The predicted octanol–water partition coefficient (Wildman–Crippen LogP) is 7.48. The van der Waals surface area contributed by atoms with Crippen LogP contribution in [0.25, 0.3) is 0 Å². The SMILES string of the molecule is CC(C)N(CC(=O)NC(C)(C)C)C(=O)[C@@]1(C)CC[C@]2(C)CC[C@]3(C)C(=CC(=O)[C@@H]4[C@@]5(C)CC[C@H](O)C(C)(C)[C@@H]5CC[C@]43C)[C@H]2C1. The summed E-state index contributed by atoms with van der Waals surface area (Å²) in [7, 11) is 0. The van der Waals surface area contributed by atoms with Crippen LogP contribution in [0, 0.1) is 50.2 Å². The maximum atomic E-state index is 14.6. The van der Waals surface area contributed by atoms with Crippen molar-refractivity contribution in [3.05, 3.63) is 11.6 Å². The van der Waals surface area contributed by atoms with Crippen molar-refractivity contribution in [1.82, 2.24) is 10.2 Å². The van der Waals surface area contributed by atoms with Crippen LogP contribution in [-0.2, 0) is 14.4 Å². The molecule has 0 aromatic rings. The summed E-state index contributed by atoms with van der Waals surface area (Å²) in [6.07, 6.45) is 10.1. The smallest absolute Gasteiger partial charge is 0.240 e. The van der Waals surface area contributed by atoms with Gasteiger partial charge in [0.2, 0.25) is 11.8 Å². The van der Waals surface area contributed by atoms with E-state index in [-0.39, 0.29) is 80.7 Å². The number of amides is 2. The molecule has 0 radical (unpaired) electrons. The molecule has 0 spiro atoms. The van der Waals surface area contributed by atoms with Crippen LogP contribution in [-0.4, -0.2) is 51.8 Å². The first kappa shape index (κ1) is 34.6. The van der Waals surface area contributed by atoms with Crippen LogP contribution in [0.3, 0.4) is 0 Å². The molecule has 45 heavy (non-hydrogen) atoms. The molecule has 0 unspecified atom stereocenters. The first-order valence-electron chi connectivity index (χ1n) is 18.0. The largest absolute Gasteiger partial charge is 0.393 e. The molecule has 0 bridgehead atoms. The molecule has 2 N–H and O–H groups in total. The van der Waals surface area contributed by atoms with Gasteiger partial charge >= 0.3 is 0 Å².